The Labute approximate surface area is 121 Å². The van der Waals surface area contributed by atoms with E-state index in [9.17, 15) is 14.4 Å². The summed E-state index contributed by atoms with van der Waals surface area (Å²) in [5.41, 5.74) is -1.08. The van der Waals surface area contributed by atoms with Gasteiger partial charge < -0.3 is 0 Å². The van der Waals surface area contributed by atoms with Gasteiger partial charge in [0.25, 0.3) is 0 Å². The highest BCUT2D eigenvalue weighted by Crippen LogP contribution is 2.33. The number of carbonyl (C=O) groups excluding carboxylic acids is 3. The third kappa shape index (κ3) is 2.86. The molecule has 1 rings (SSSR count). The molecule has 1 aliphatic heterocycles. The molecule has 0 aromatic heterocycles. The van der Waals surface area contributed by atoms with Gasteiger partial charge in [0.05, 0.1) is 0 Å². The molecule has 1 saturated heterocycles. The maximum absolute atomic E-state index is 12.6. The summed E-state index contributed by atoms with van der Waals surface area (Å²) in [4.78, 5) is 37.9. The van der Waals surface area contributed by atoms with Crippen LogP contribution in [0.15, 0.2) is 0 Å². The molecule has 0 aromatic rings. The Balaban J connectivity index is 2.92. The Morgan fingerprint density at radius 2 is 1.70 bits per heavy atom. The van der Waals surface area contributed by atoms with Gasteiger partial charge in [-0.05, 0) is 26.2 Å². The van der Waals surface area contributed by atoms with Crippen molar-refractivity contribution in [3.63, 3.8) is 0 Å². The molecule has 5 nitrogen and oxygen atoms in total. The monoisotopic (exact) mass is 282 g/mol. The molecule has 1 heterocycles. The van der Waals surface area contributed by atoms with E-state index in [1.165, 1.54) is 4.90 Å². The lowest BCUT2D eigenvalue weighted by Crippen LogP contribution is -2.65. The Morgan fingerprint density at radius 3 is 2.20 bits per heavy atom. The molecule has 1 unspecified atom stereocenters. The van der Waals surface area contributed by atoms with Crippen LogP contribution in [-0.4, -0.2) is 28.8 Å². The summed E-state index contributed by atoms with van der Waals surface area (Å²) in [5.74, 6) is -0.783. The van der Waals surface area contributed by atoms with Gasteiger partial charge >= 0.3 is 6.03 Å². The van der Waals surface area contributed by atoms with Gasteiger partial charge in [-0.15, -0.1) is 0 Å². The van der Waals surface area contributed by atoms with Crippen molar-refractivity contribution in [2.75, 3.05) is 0 Å². The number of hydrogen-bond donors (Lipinski definition) is 1. The van der Waals surface area contributed by atoms with Crippen LogP contribution in [0, 0.1) is 5.41 Å². The number of urea groups is 1. The van der Waals surface area contributed by atoms with E-state index in [2.05, 4.69) is 12.2 Å². The molecule has 0 aliphatic carbocycles. The van der Waals surface area contributed by atoms with Crippen LogP contribution >= 0.6 is 0 Å². The van der Waals surface area contributed by atoms with Crippen LogP contribution in [0.2, 0.25) is 0 Å². The standard InChI is InChI=1S/C15H26N2O3/c1-5-8-9-10-11(4)17-13(19)15(6-2,7-3)12(18)16-14(17)20/h11H,5-10H2,1-4H3,(H,16,18,20). The predicted octanol–water partition coefficient (Wildman–Crippen LogP) is 2.84. The number of barbiturate groups is 1. The van der Waals surface area contributed by atoms with Gasteiger partial charge in [-0.25, -0.2) is 4.79 Å². The summed E-state index contributed by atoms with van der Waals surface area (Å²) >= 11 is 0. The number of rotatable bonds is 7. The van der Waals surface area contributed by atoms with E-state index in [0.717, 1.165) is 25.7 Å². The minimum atomic E-state index is -1.08. The minimum Gasteiger partial charge on any atom is -0.277 e. The molecule has 0 spiro atoms. The van der Waals surface area contributed by atoms with Gasteiger partial charge in [0.1, 0.15) is 5.41 Å². The van der Waals surface area contributed by atoms with E-state index in [-0.39, 0.29) is 11.9 Å². The van der Waals surface area contributed by atoms with Gasteiger partial charge in [-0.1, -0.05) is 40.0 Å². The summed E-state index contributed by atoms with van der Waals surface area (Å²) in [6.07, 6.45) is 4.77. The highest BCUT2D eigenvalue weighted by atomic mass is 16.2. The smallest absolute Gasteiger partial charge is 0.277 e. The lowest BCUT2D eigenvalue weighted by molar-refractivity contribution is -0.153. The van der Waals surface area contributed by atoms with Crippen LogP contribution in [0.5, 0.6) is 0 Å². The lowest BCUT2D eigenvalue weighted by atomic mass is 9.78. The van der Waals surface area contributed by atoms with Crippen molar-refractivity contribution in [1.82, 2.24) is 10.2 Å². The number of carbonyl (C=O) groups is 3. The van der Waals surface area contributed by atoms with Gasteiger partial charge in [0.15, 0.2) is 0 Å². The number of nitrogens with one attached hydrogen (secondary N) is 1. The molecule has 5 heteroatoms. The summed E-state index contributed by atoms with van der Waals surface area (Å²) < 4.78 is 0. The molecule has 0 saturated carbocycles. The quantitative estimate of drug-likeness (QED) is 0.576. The van der Waals surface area contributed by atoms with E-state index >= 15 is 0 Å². The van der Waals surface area contributed by atoms with Gasteiger partial charge in [0.2, 0.25) is 11.8 Å². The van der Waals surface area contributed by atoms with Crippen molar-refractivity contribution in [2.24, 2.45) is 5.41 Å². The first-order valence-corrected chi connectivity index (χ1v) is 7.63. The minimum absolute atomic E-state index is 0.167. The normalized spacial score (nSPS) is 20.0. The lowest BCUT2D eigenvalue weighted by Gasteiger charge is -2.40. The van der Waals surface area contributed by atoms with E-state index in [4.69, 9.17) is 0 Å². The first-order chi connectivity index (χ1) is 9.44. The van der Waals surface area contributed by atoms with Gasteiger partial charge in [-0.2, -0.15) is 0 Å². The Morgan fingerprint density at radius 1 is 1.10 bits per heavy atom. The van der Waals surface area contributed by atoms with Crippen LogP contribution < -0.4 is 5.32 Å². The molecule has 0 aromatic carbocycles. The topological polar surface area (TPSA) is 66.5 Å². The Kier molecular flexibility index (Phi) is 5.72. The fraction of sp³-hybridized carbons (Fsp3) is 0.800. The molecule has 20 heavy (non-hydrogen) atoms. The molecule has 1 N–H and O–H groups in total. The second-order valence-corrected chi connectivity index (χ2v) is 5.57. The summed E-state index contributed by atoms with van der Waals surface area (Å²) in [6.45, 7) is 7.62. The maximum Gasteiger partial charge on any atom is 0.331 e. The van der Waals surface area contributed by atoms with Crippen molar-refractivity contribution in [3.05, 3.63) is 0 Å². The molecule has 1 atom stereocenters. The molecule has 1 fully saturated rings. The van der Waals surface area contributed by atoms with Crippen LogP contribution in [-0.2, 0) is 9.59 Å². The second kappa shape index (κ2) is 6.86. The molecule has 4 amide bonds. The van der Waals surface area contributed by atoms with Gasteiger partial charge in [-0.3, -0.25) is 19.8 Å². The number of amides is 4. The third-order valence-corrected chi connectivity index (χ3v) is 4.38. The first kappa shape index (κ1) is 16.7. The number of imide groups is 2. The van der Waals surface area contributed by atoms with Crippen LogP contribution in [0.25, 0.3) is 0 Å². The largest absolute Gasteiger partial charge is 0.331 e. The number of hydrogen-bond acceptors (Lipinski definition) is 3. The van der Waals surface area contributed by atoms with Gasteiger partial charge in [0, 0.05) is 6.04 Å². The molecular weight excluding hydrogens is 256 g/mol. The molecular formula is C15H26N2O3. The summed E-state index contributed by atoms with van der Waals surface area (Å²) in [5, 5.41) is 2.35. The molecule has 0 radical (unpaired) electrons. The maximum atomic E-state index is 12.6. The van der Waals surface area contributed by atoms with Crippen molar-refractivity contribution >= 4 is 17.8 Å². The van der Waals surface area contributed by atoms with E-state index in [1.54, 1.807) is 0 Å². The van der Waals surface area contributed by atoms with Crippen molar-refractivity contribution in [2.45, 2.75) is 72.3 Å². The second-order valence-electron chi connectivity index (χ2n) is 5.57. The fourth-order valence-corrected chi connectivity index (χ4v) is 2.79. The molecule has 1 aliphatic rings. The Hall–Kier alpha value is -1.39. The SMILES string of the molecule is CCCCCC(C)N1C(=O)NC(=O)C(CC)(CC)C1=O. The summed E-state index contributed by atoms with van der Waals surface area (Å²) in [7, 11) is 0. The van der Waals surface area contributed by atoms with Crippen LogP contribution in [0.1, 0.15) is 66.2 Å². The highest BCUT2D eigenvalue weighted by molar-refractivity contribution is 6.19. The van der Waals surface area contributed by atoms with Crippen molar-refractivity contribution < 1.29 is 14.4 Å². The van der Waals surface area contributed by atoms with Crippen LogP contribution in [0.4, 0.5) is 4.79 Å². The van der Waals surface area contributed by atoms with Crippen molar-refractivity contribution in [1.29, 1.82) is 0 Å². The fourth-order valence-electron chi connectivity index (χ4n) is 2.79. The first-order valence-electron chi connectivity index (χ1n) is 7.63. The third-order valence-electron chi connectivity index (χ3n) is 4.38. The van der Waals surface area contributed by atoms with Crippen LogP contribution in [0.3, 0.4) is 0 Å². The average Bonchev–Trinajstić information content (AvgIpc) is 2.40. The molecule has 0 bridgehead atoms. The van der Waals surface area contributed by atoms with Crippen molar-refractivity contribution in [3.8, 4) is 0 Å². The zero-order valence-corrected chi connectivity index (χ0v) is 13.0. The highest BCUT2D eigenvalue weighted by Gasteiger charge is 2.52. The zero-order valence-electron chi connectivity index (χ0n) is 13.0. The number of nitrogens with zero attached hydrogens (tertiary/aromatic N) is 1. The van der Waals surface area contributed by atoms with E-state index in [0.29, 0.717) is 12.8 Å². The predicted molar refractivity (Wildman–Crippen MR) is 77.0 cm³/mol. The zero-order chi connectivity index (χ0) is 15.3. The van der Waals surface area contributed by atoms with E-state index in [1.807, 2.05) is 20.8 Å². The molecule has 114 valence electrons. The summed E-state index contributed by atoms with van der Waals surface area (Å²) in [6, 6.07) is -0.735. The number of unbranched alkanes of at least 4 members (excludes halogenated alkanes) is 2. The Bertz CT molecular complexity index is 389. The average molecular weight is 282 g/mol. The van der Waals surface area contributed by atoms with E-state index < -0.39 is 17.4 Å².